The molecule has 0 spiro atoms. The number of aryl methyl sites for hydroxylation is 1. The molecule has 2 nitrogen and oxygen atoms in total. The van der Waals surface area contributed by atoms with Crippen molar-refractivity contribution in [3.63, 3.8) is 0 Å². The maximum Gasteiger partial charge on any atom is 0.123 e. The quantitative estimate of drug-likeness (QED) is 0.555. The summed E-state index contributed by atoms with van der Waals surface area (Å²) >= 11 is 0. The van der Waals surface area contributed by atoms with E-state index >= 15 is 0 Å². The maximum absolute atomic E-state index is 13.2. The Morgan fingerprint density at radius 2 is 1.84 bits per heavy atom. The van der Waals surface area contributed by atoms with E-state index in [0.29, 0.717) is 0 Å². The molecule has 0 saturated carbocycles. The number of halogens is 1. The van der Waals surface area contributed by atoms with Gasteiger partial charge in [0.15, 0.2) is 0 Å². The van der Waals surface area contributed by atoms with Crippen LogP contribution < -0.4 is 0 Å². The average Bonchev–Trinajstić information content (AvgIpc) is 3.11. The lowest BCUT2D eigenvalue weighted by Gasteiger charge is -2.20. The Hall–Kier alpha value is -2.42. The molecule has 130 valence electrons. The highest BCUT2D eigenvalue weighted by Gasteiger charge is 2.16. The number of nitrogens with zero attached hydrogens (tertiary/aromatic N) is 2. The topological polar surface area (TPSA) is 17.8 Å². The minimum absolute atomic E-state index is 0.0952. The Bertz CT molecular complexity index is 833. The van der Waals surface area contributed by atoms with Gasteiger partial charge in [-0.2, -0.15) is 0 Å². The zero-order valence-corrected chi connectivity index (χ0v) is 15.2. The Labute approximate surface area is 149 Å². The number of hydrogen-bond donors (Lipinski definition) is 0. The molecule has 1 unspecified atom stereocenters. The summed E-state index contributed by atoms with van der Waals surface area (Å²) in [5.41, 5.74) is 6.27. The molecule has 0 amide bonds. The van der Waals surface area contributed by atoms with Crippen LogP contribution >= 0.6 is 0 Å². The van der Waals surface area contributed by atoms with E-state index in [1.807, 2.05) is 24.7 Å². The first kappa shape index (κ1) is 17.4. The molecule has 0 aliphatic rings. The lowest BCUT2D eigenvalue weighted by molar-refractivity contribution is 0.617. The van der Waals surface area contributed by atoms with Crippen LogP contribution in [-0.2, 0) is 12.8 Å². The van der Waals surface area contributed by atoms with Crippen LogP contribution in [0.2, 0.25) is 0 Å². The molecule has 0 fully saturated rings. The summed E-state index contributed by atoms with van der Waals surface area (Å²) in [4.78, 5) is 4.41. The van der Waals surface area contributed by atoms with Gasteiger partial charge in [0.25, 0.3) is 0 Å². The van der Waals surface area contributed by atoms with Gasteiger partial charge in [-0.1, -0.05) is 50.6 Å². The van der Waals surface area contributed by atoms with E-state index in [1.165, 1.54) is 28.8 Å². The van der Waals surface area contributed by atoms with Crippen LogP contribution in [0.1, 0.15) is 49.9 Å². The van der Waals surface area contributed by atoms with Gasteiger partial charge in [0.2, 0.25) is 0 Å². The summed E-state index contributed by atoms with van der Waals surface area (Å²) in [7, 11) is 0. The molecule has 3 rings (SSSR count). The Morgan fingerprint density at radius 1 is 1.08 bits per heavy atom. The maximum atomic E-state index is 13.2. The number of benzene rings is 2. The van der Waals surface area contributed by atoms with Gasteiger partial charge < -0.3 is 4.57 Å². The molecule has 0 aliphatic carbocycles. The number of aromatic nitrogens is 2. The molecule has 0 radical (unpaired) electrons. The summed E-state index contributed by atoms with van der Waals surface area (Å²) in [6.45, 7) is 6.55. The van der Waals surface area contributed by atoms with Gasteiger partial charge in [0, 0.05) is 5.56 Å². The fourth-order valence-electron chi connectivity index (χ4n) is 3.47. The molecule has 1 atom stereocenters. The number of imidazole rings is 1. The van der Waals surface area contributed by atoms with Crippen LogP contribution in [0.4, 0.5) is 4.39 Å². The molecule has 1 heterocycles. The standard InChI is InChI=1S/C22H25FN2/c1-4-7-20-17(5-2)8-6-9-21(20)22-14-24-15-25(22)16(3)18-10-12-19(23)13-11-18/h6,8-16H,4-5,7H2,1-3H3. The third-order valence-corrected chi connectivity index (χ3v) is 4.87. The van der Waals surface area contributed by atoms with Crippen LogP contribution in [-0.4, -0.2) is 9.55 Å². The van der Waals surface area contributed by atoms with Crippen molar-refractivity contribution >= 4 is 0 Å². The summed E-state index contributed by atoms with van der Waals surface area (Å²) in [6, 6.07) is 13.4. The number of rotatable bonds is 6. The van der Waals surface area contributed by atoms with Crippen molar-refractivity contribution < 1.29 is 4.39 Å². The van der Waals surface area contributed by atoms with Gasteiger partial charge in [-0.05, 0) is 48.6 Å². The minimum Gasteiger partial charge on any atom is -0.323 e. The molecule has 1 aromatic heterocycles. The predicted octanol–water partition coefficient (Wildman–Crippen LogP) is 5.81. The van der Waals surface area contributed by atoms with Crippen LogP contribution in [0.5, 0.6) is 0 Å². The zero-order valence-electron chi connectivity index (χ0n) is 15.2. The van der Waals surface area contributed by atoms with Crippen molar-refractivity contribution in [2.75, 3.05) is 0 Å². The van der Waals surface area contributed by atoms with E-state index in [1.54, 1.807) is 0 Å². The van der Waals surface area contributed by atoms with E-state index in [0.717, 1.165) is 30.5 Å². The van der Waals surface area contributed by atoms with Crippen molar-refractivity contribution in [2.24, 2.45) is 0 Å². The van der Waals surface area contributed by atoms with Gasteiger partial charge in [-0.3, -0.25) is 0 Å². The van der Waals surface area contributed by atoms with Crippen molar-refractivity contribution in [3.8, 4) is 11.3 Å². The highest BCUT2D eigenvalue weighted by atomic mass is 19.1. The minimum atomic E-state index is -0.206. The SMILES string of the molecule is CCCc1c(CC)cccc1-c1cncn1C(C)c1ccc(F)cc1. The van der Waals surface area contributed by atoms with Gasteiger partial charge in [0.1, 0.15) is 5.82 Å². The van der Waals surface area contributed by atoms with Gasteiger partial charge in [0.05, 0.1) is 24.3 Å². The fraction of sp³-hybridized carbons (Fsp3) is 0.318. The predicted molar refractivity (Wildman–Crippen MR) is 101 cm³/mol. The molecule has 0 aliphatic heterocycles. The molecule has 0 N–H and O–H groups in total. The van der Waals surface area contributed by atoms with E-state index in [2.05, 4.69) is 48.5 Å². The summed E-state index contributed by atoms with van der Waals surface area (Å²) in [6.07, 6.45) is 7.03. The van der Waals surface area contributed by atoms with Gasteiger partial charge in [-0.15, -0.1) is 0 Å². The lowest BCUT2D eigenvalue weighted by atomic mass is 9.93. The van der Waals surface area contributed by atoms with E-state index in [-0.39, 0.29) is 11.9 Å². The average molecular weight is 336 g/mol. The molecule has 3 heteroatoms. The van der Waals surface area contributed by atoms with Crippen LogP contribution in [0, 0.1) is 5.82 Å². The first-order valence-electron chi connectivity index (χ1n) is 9.04. The smallest absolute Gasteiger partial charge is 0.123 e. The molecule has 3 aromatic rings. The van der Waals surface area contributed by atoms with E-state index in [9.17, 15) is 4.39 Å². The van der Waals surface area contributed by atoms with Crippen molar-refractivity contribution in [1.29, 1.82) is 0 Å². The molecule has 25 heavy (non-hydrogen) atoms. The largest absolute Gasteiger partial charge is 0.323 e. The van der Waals surface area contributed by atoms with E-state index in [4.69, 9.17) is 0 Å². The molecule has 0 bridgehead atoms. The van der Waals surface area contributed by atoms with Crippen molar-refractivity contribution in [1.82, 2.24) is 9.55 Å². The van der Waals surface area contributed by atoms with Crippen molar-refractivity contribution in [3.05, 3.63) is 77.5 Å². The highest BCUT2D eigenvalue weighted by molar-refractivity contribution is 5.66. The normalized spacial score (nSPS) is 12.3. The molecule has 2 aromatic carbocycles. The van der Waals surface area contributed by atoms with Gasteiger partial charge in [-0.25, -0.2) is 9.37 Å². The third-order valence-electron chi connectivity index (χ3n) is 4.87. The Balaban J connectivity index is 2.06. The summed E-state index contributed by atoms with van der Waals surface area (Å²) < 4.78 is 15.4. The molecular weight excluding hydrogens is 311 g/mol. The molecular formula is C22H25FN2. The Morgan fingerprint density at radius 3 is 2.52 bits per heavy atom. The molecule has 0 saturated heterocycles. The monoisotopic (exact) mass is 336 g/mol. The highest BCUT2D eigenvalue weighted by Crippen LogP contribution is 2.31. The lowest BCUT2D eigenvalue weighted by Crippen LogP contribution is -2.08. The van der Waals surface area contributed by atoms with Crippen LogP contribution in [0.25, 0.3) is 11.3 Å². The van der Waals surface area contributed by atoms with E-state index < -0.39 is 0 Å². The second-order valence-electron chi connectivity index (χ2n) is 6.46. The third kappa shape index (κ3) is 3.51. The van der Waals surface area contributed by atoms with Crippen molar-refractivity contribution in [2.45, 2.75) is 46.1 Å². The number of hydrogen-bond acceptors (Lipinski definition) is 1. The second-order valence-corrected chi connectivity index (χ2v) is 6.46. The Kier molecular flexibility index (Phi) is 5.32. The fourth-order valence-corrected chi connectivity index (χ4v) is 3.47. The van der Waals surface area contributed by atoms with Crippen LogP contribution in [0.15, 0.2) is 55.0 Å². The first-order valence-corrected chi connectivity index (χ1v) is 9.04. The van der Waals surface area contributed by atoms with Crippen LogP contribution in [0.3, 0.4) is 0 Å². The second kappa shape index (κ2) is 7.64. The van der Waals surface area contributed by atoms with Gasteiger partial charge >= 0.3 is 0 Å². The summed E-state index contributed by atoms with van der Waals surface area (Å²) in [5, 5.41) is 0. The first-order chi connectivity index (χ1) is 12.2. The summed E-state index contributed by atoms with van der Waals surface area (Å²) in [5.74, 6) is -0.206. The zero-order chi connectivity index (χ0) is 17.8.